The summed E-state index contributed by atoms with van der Waals surface area (Å²) in [6, 6.07) is 2.57. The van der Waals surface area contributed by atoms with Gasteiger partial charge in [-0.2, -0.15) is 0 Å². The smallest absolute Gasteiger partial charge is 0.205 e. The fraction of sp³-hybridized carbons (Fsp3) is 0.200. The lowest BCUT2D eigenvalue weighted by Crippen LogP contribution is -2.04. The van der Waals surface area contributed by atoms with Gasteiger partial charge >= 0.3 is 0 Å². The summed E-state index contributed by atoms with van der Waals surface area (Å²) in [4.78, 5) is 16.8. The van der Waals surface area contributed by atoms with Crippen molar-refractivity contribution < 1.29 is 9.18 Å². The van der Waals surface area contributed by atoms with Gasteiger partial charge in [0.2, 0.25) is 5.78 Å². The van der Waals surface area contributed by atoms with Gasteiger partial charge in [0, 0.05) is 26.4 Å². The monoisotopic (exact) mass is 194 g/mol. The van der Waals surface area contributed by atoms with Gasteiger partial charge in [0.1, 0.15) is 11.5 Å². The fourth-order valence-corrected chi connectivity index (χ4v) is 0.824. The van der Waals surface area contributed by atoms with Crippen molar-refractivity contribution in [2.75, 3.05) is 14.1 Å². The molecule has 1 rings (SSSR count). The van der Waals surface area contributed by atoms with Crippen molar-refractivity contribution in [3.8, 4) is 0 Å². The highest BCUT2D eigenvalue weighted by molar-refractivity contribution is 6.02. The Labute approximate surface area is 81.9 Å². The summed E-state index contributed by atoms with van der Waals surface area (Å²) in [7, 11) is 3.61. The third kappa shape index (κ3) is 2.97. The number of rotatable bonds is 3. The maximum Gasteiger partial charge on any atom is 0.205 e. The second-order valence-electron chi connectivity index (χ2n) is 3.01. The normalized spacial score (nSPS) is 10.5. The summed E-state index contributed by atoms with van der Waals surface area (Å²) in [5.41, 5.74) is 0.240. The zero-order valence-electron chi connectivity index (χ0n) is 8.07. The molecule has 1 heterocycles. The van der Waals surface area contributed by atoms with Gasteiger partial charge in [0.05, 0.1) is 6.20 Å². The Hall–Kier alpha value is -1.71. The molecule has 0 aliphatic carbocycles. The highest BCUT2D eigenvalue weighted by Gasteiger charge is 2.02. The lowest BCUT2D eigenvalue weighted by Gasteiger charge is -2.02. The minimum atomic E-state index is -0.446. The minimum absolute atomic E-state index is 0.237. The van der Waals surface area contributed by atoms with E-state index in [-0.39, 0.29) is 11.5 Å². The average molecular weight is 194 g/mol. The van der Waals surface area contributed by atoms with Crippen LogP contribution in [-0.2, 0) is 0 Å². The summed E-state index contributed by atoms with van der Waals surface area (Å²) in [6.07, 6.45) is 4.03. The Bertz CT molecular complexity index is 344. The largest absolute Gasteiger partial charge is 0.383 e. The second-order valence-corrected chi connectivity index (χ2v) is 3.01. The van der Waals surface area contributed by atoms with Gasteiger partial charge in [-0.05, 0) is 12.1 Å². The Morgan fingerprint density at radius 2 is 2.21 bits per heavy atom. The molecule has 0 aromatic carbocycles. The molecule has 4 heteroatoms. The third-order valence-electron chi connectivity index (χ3n) is 1.50. The molecule has 0 spiro atoms. The van der Waals surface area contributed by atoms with Crippen LogP contribution in [0.25, 0.3) is 0 Å². The van der Waals surface area contributed by atoms with Crippen molar-refractivity contribution >= 4 is 5.78 Å². The van der Waals surface area contributed by atoms with Crippen molar-refractivity contribution in [2.24, 2.45) is 0 Å². The van der Waals surface area contributed by atoms with E-state index in [0.29, 0.717) is 0 Å². The molecular formula is C10H11FN2O. The quantitative estimate of drug-likeness (QED) is 0.539. The molecule has 3 nitrogen and oxygen atoms in total. The predicted molar refractivity (Wildman–Crippen MR) is 51.4 cm³/mol. The summed E-state index contributed by atoms with van der Waals surface area (Å²) < 4.78 is 12.5. The molecule has 0 aliphatic heterocycles. The Balaban J connectivity index is 2.75. The maximum absolute atomic E-state index is 12.5. The highest BCUT2D eigenvalue weighted by Crippen LogP contribution is 2.00. The van der Waals surface area contributed by atoms with Crippen LogP contribution in [0.4, 0.5) is 4.39 Å². The average Bonchev–Trinajstić information content (AvgIpc) is 2.15. The molecule has 1 aromatic rings. The molecule has 0 atom stereocenters. The van der Waals surface area contributed by atoms with Gasteiger partial charge in [0.15, 0.2) is 0 Å². The molecule has 0 saturated heterocycles. The van der Waals surface area contributed by atoms with Gasteiger partial charge in [-0.1, -0.05) is 0 Å². The number of carbonyl (C=O) groups is 1. The SMILES string of the molecule is CN(C)/C=C/C(=O)c1ccc(F)cn1. The van der Waals surface area contributed by atoms with Gasteiger partial charge in [-0.3, -0.25) is 4.79 Å². The van der Waals surface area contributed by atoms with Gasteiger partial charge in [-0.15, -0.1) is 0 Å². The molecule has 0 N–H and O–H groups in total. The van der Waals surface area contributed by atoms with E-state index in [4.69, 9.17) is 0 Å². The first kappa shape index (κ1) is 10.4. The first-order valence-electron chi connectivity index (χ1n) is 4.10. The lowest BCUT2D eigenvalue weighted by molar-refractivity contribution is 0.104. The molecule has 0 fully saturated rings. The zero-order valence-corrected chi connectivity index (χ0v) is 8.07. The first-order valence-corrected chi connectivity index (χ1v) is 4.10. The van der Waals surface area contributed by atoms with E-state index in [1.54, 1.807) is 11.1 Å². The van der Waals surface area contributed by atoms with Crippen LogP contribution in [0.5, 0.6) is 0 Å². The van der Waals surface area contributed by atoms with Crippen LogP contribution in [0.3, 0.4) is 0 Å². The minimum Gasteiger partial charge on any atom is -0.383 e. The van der Waals surface area contributed by atoms with E-state index >= 15 is 0 Å². The summed E-state index contributed by atoms with van der Waals surface area (Å²) in [5, 5.41) is 0. The number of hydrogen-bond acceptors (Lipinski definition) is 3. The standard InChI is InChI=1S/C10H11FN2O/c1-13(2)6-5-10(14)9-4-3-8(11)7-12-9/h3-7H,1-2H3/b6-5+. The molecule has 1 aromatic heterocycles. The molecular weight excluding hydrogens is 183 g/mol. The van der Waals surface area contributed by atoms with Crippen molar-refractivity contribution in [2.45, 2.75) is 0 Å². The maximum atomic E-state index is 12.5. The zero-order chi connectivity index (χ0) is 10.6. The van der Waals surface area contributed by atoms with Crippen molar-refractivity contribution in [1.29, 1.82) is 0 Å². The van der Waals surface area contributed by atoms with E-state index in [9.17, 15) is 9.18 Å². The van der Waals surface area contributed by atoms with E-state index in [1.165, 1.54) is 18.2 Å². The van der Waals surface area contributed by atoms with Crippen LogP contribution < -0.4 is 0 Å². The second kappa shape index (κ2) is 4.50. The van der Waals surface area contributed by atoms with Crippen LogP contribution in [0, 0.1) is 5.82 Å². The molecule has 0 aliphatic rings. The number of ketones is 1. The summed E-state index contributed by atoms with van der Waals surface area (Å²) in [6.45, 7) is 0. The van der Waals surface area contributed by atoms with Gasteiger partial charge in [-0.25, -0.2) is 9.37 Å². The molecule has 0 amide bonds. The van der Waals surface area contributed by atoms with E-state index in [1.807, 2.05) is 14.1 Å². The number of pyridine rings is 1. The fourth-order valence-electron chi connectivity index (χ4n) is 0.824. The Morgan fingerprint density at radius 3 is 2.71 bits per heavy atom. The summed E-state index contributed by atoms with van der Waals surface area (Å²) in [5.74, 6) is -0.683. The van der Waals surface area contributed by atoms with Crippen LogP contribution in [0.2, 0.25) is 0 Å². The number of carbonyl (C=O) groups excluding carboxylic acids is 1. The number of allylic oxidation sites excluding steroid dienone is 1. The van der Waals surface area contributed by atoms with Gasteiger partial charge < -0.3 is 4.90 Å². The van der Waals surface area contributed by atoms with Crippen LogP contribution in [-0.4, -0.2) is 29.8 Å². The third-order valence-corrected chi connectivity index (χ3v) is 1.50. The van der Waals surface area contributed by atoms with E-state index < -0.39 is 5.82 Å². The number of aromatic nitrogens is 1. The highest BCUT2D eigenvalue weighted by atomic mass is 19.1. The first-order chi connectivity index (χ1) is 6.59. The Morgan fingerprint density at radius 1 is 1.50 bits per heavy atom. The predicted octanol–water partition coefficient (Wildman–Crippen LogP) is 1.48. The van der Waals surface area contributed by atoms with Crippen LogP contribution in [0.1, 0.15) is 10.5 Å². The van der Waals surface area contributed by atoms with E-state index in [2.05, 4.69) is 4.98 Å². The molecule has 74 valence electrons. The van der Waals surface area contributed by atoms with Crippen molar-refractivity contribution in [3.63, 3.8) is 0 Å². The topological polar surface area (TPSA) is 33.2 Å². The van der Waals surface area contributed by atoms with Crippen molar-refractivity contribution in [3.05, 3.63) is 42.1 Å². The number of halogens is 1. The van der Waals surface area contributed by atoms with Crippen molar-refractivity contribution in [1.82, 2.24) is 9.88 Å². The van der Waals surface area contributed by atoms with E-state index in [0.717, 1.165) is 6.20 Å². The molecule has 14 heavy (non-hydrogen) atoms. The Kier molecular flexibility index (Phi) is 3.34. The van der Waals surface area contributed by atoms with Crippen LogP contribution >= 0.6 is 0 Å². The van der Waals surface area contributed by atoms with Gasteiger partial charge in [0.25, 0.3) is 0 Å². The molecule has 0 radical (unpaired) electrons. The van der Waals surface area contributed by atoms with Crippen LogP contribution in [0.15, 0.2) is 30.6 Å². The molecule has 0 saturated carbocycles. The number of nitrogens with zero attached hydrogens (tertiary/aromatic N) is 2. The molecule has 0 unspecified atom stereocenters. The number of hydrogen-bond donors (Lipinski definition) is 0. The summed E-state index contributed by atoms with van der Waals surface area (Å²) >= 11 is 0. The molecule has 0 bridgehead atoms. The lowest BCUT2D eigenvalue weighted by atomic mass is 10.2.